The number of benzene rings is 1. The van der Waals surface area contributed by atoms with E-state index in [1.54, 1.807) is 19.1 Å². The Morgan fingerprint density at radius 2 is 2.00 bits per heavy atom. The van der Waals surface area contributed by atoms with E-state index in [0.717, 1.165) is 18.4 Å². The molecule has 2 heterocycles. The lowest BCUT2D eigenvalue weighted by Crippen LogP contribution is -2.43. The molecule has 0 saturated carbocycles. The van der Waals surface area contributed by atoms with E-state index in [4.69, 9.17) is 20.9 Å². The first kappa shape index (κ1) is 23.7. The summed E-state index contributed by atoms with van der Waals surface area (Å²) in [4.78, 5) is 38.7. The lowest BCUT2D eigenvalue weighted by molar-refractivity contribution is -0.126. The van der Waals surface area contributed by atoms with E-state index in [2.05, 4.69) is 15.8 Å². The molecule has 3 rings (SSSR count). The topological polar surface area (TPSA) is 114 Å². The molecular weight excluding hydrogens is 436 g/mol. The summed E-state index contributed by atoms with van der Waals surface area (Å²) in [6.45, 7) is 2.83. The predicted molar refractivity (Wildman–Crippen MR) is 118 cm³/mol. The van der Waals surface area contributed by atoms with Crippen LogP contribution in [0.2, 0.25) is 5.02 Å². The van der Waals surface area contributed by atoms with Gasteiger partial charge in [-0.15, -0.1) is 0 Å². The van der Waals surface area contributed by atoms with Crippen LogP contribution in [0.25, 0.3) is 0 Å². The van der Waals surface area contributed by atoms with Crippen molar-refractivity contribution in [3.05, 3.63) is 46.7 Å². The number of aromatic nitrogens is 1. The molecule has 172 valence electrons. The zero-order valence-electron chi connectivity index (χ0n) is 17.9. The first-order chi connectivity index (χ1) is 15.4. The largest absolute Gasteiger partial charge is 0.376 e. The van der Waals surface area contributed by atoms with E-state index in [-0.39, 0.29) is 49.7 Å². The summed E-state index contributed by atoms with van der Waals surface area (Å²) in [7, 11) is 0. The molecule has 1 aromatic heterocycles. The van der Waals surface area contributed by atoms with Crippen molar-refractivity contribution in [3.8, 4) is 0 Å². The van der Waals surface area contributed by atoms with E-state index in [1.165, 1.54) is 4.90 Å². The monoisotopic (exact) mass is 462 g/mol. The van der Waals surface area contributed by atoms with E-state index in [9.17, 15) is 14.4 Å². The van der Waals surface area contributed by atoms with Crippen LogP contribution in [0.3, 0.4) is 0 Å². The number of ether oxygens (including phenoxy) is 1. The third kappa shape index (κ3) is 7.06. The van der Waals surface area contributed by atoms with E-state index < -0.39 is 5.91 Å². The number of nitrogens with zero attached hydrogens (tertiary/aromatic N) is 2. The minimum atomic E-state index is -0.404. The highest BCUT2D eigenvalue weighted by Gasteiger charge is 2.24. The number of nitrogens with one attached hydrogen (secondary N) is 2. The maximum Gasteiger partial charge on any atom is 0.240 e. The molecule has 2 N–H and O–H groups in total. The van der Waals surface area contributed by atoms with Crippen molar-refractivity contribution in [1.82, 2.24) is 15.8 Å². The molecule has 0 aliphatic carbocycles. The molecule has 1 fully saturated rings. The number of halogens is 1. The molecule has 0 bridgehead atoms. The number of rotatable bonds is 10. The Labute approximate surface area is 191 Å². The number of hydrogen-bond acceptors (Lipinski definition) is 6. The third-order valence-electron chi connectivity index (χ3n) is 5.05. The van der Waals surface area contributed by atoms with E-state index in [0.29, 0.717) is 23.9 Å². The normalized spacial score (nSPS) is 15.4. The molecule has 1 aliphatic rings. The highest BCUT2D eigenvalue weighted by atomic mass is 35.5. The second-order valence-electron chi connectivity index (χ2n) is 7.58. The van der Waals surface area contributed by atoms with Crippen molar-refractivity contribution in [1.29, 1.82) is 0 Å². The van der Waals surface area contributed by atoms with Crippen molar-refractivity contribution < 1.29 is 23.6 Å². The summed E-state index contributed by atoms with van der Waals surface area (Å²) in [6, 6.07) is 8.77. The Balaban J connectivity index is 1.52. The summed E-state index contributed by atoms with van der Waals surface area (Å²) in [5.41, 5.74) is 0.788. The molecule has 0 unspecified atom stereocenters. The second-order valence-corrected chi connectivity index (χ2v) is 7.99. The van der Waals surface area contributed by atoms with Crippen LogP contribution in [0.4, 0.5) is 5.82 Å². The van der Waals surface area contributed by atoms with Gasteiger partial charge in [0.2, 0.25) is 17.7 Å². The van der Waals surface area contributed by atoms with Gasteiger partial charge in [-0.2, -0.15) is 0 Å². The quantitative estimate of drug-likeness (QED) is 0.560. The average molecular weight is 463 g/mol. The van der Waals surface area contributed by atoms with Crippen LogP contribution >= 0.6 is 11.6 Å². The van der Waals surface area contributed by atoms with Crippen LogP contribution < -0.4 is 15.5 Å². The van der Waals surface area contributed by atoms with Crippen LogP contribution in [-0.2, 0) is 25.7 Å². The molecule has 1 aliphatic heterocycles. The highest BCUT2D eigenvalue weighted by Crippen LogP contribution is 2.17. The van der Waals surface area contributed by atoms with Gasteiger partial charge >= 0.3 is 0 Å². The van der Waals surface area contributed by atoms with Gasteiger partial charge in [0.25, 0.3) is 0 Å². The van der Waals surface area contributed by atoms with Crippen LogP contribution in [0.1, 0.15) is 37.0 Å². The standard InChI is InChI=1S/C22H27ClN4O5/c1-15-11-19(26-32-15)27(14-21(29)25-13-17-6-4-10-31-17)22(30)9-8-20(28)24-12-16-5-2-3-7-18(16)23/h2-3,5,7,11,17H,4,6,8-10,12-14H2,1H3,(H,24,28)(H,25,29)/t17-/m0/s1. The fourth-order valence-corrected chi connectivity index (χ4v) is 3.49. The van der Waals surface area contributed by atoms with E-state index >= 15 is 0 Å². The van der Waals surface area contributed by atoms with E-state index in [1.807, 2.05) is 18.2 Å². The Kier molecular flexibility index (Phi) is 8.64. The molecule has 1 saturated heterocycles. The fraction of sp³-hybridized carbons (Fsp3) is 0.455. The summed E-state index contributed by atoms with van der Waals surface area (Å²) >= 11 is 6.09. The Hall–Kier alpha value is -2.91. The van der Waals surface area contributed by atoms with Crippen molar-refractivity contribution in [2.75, 3.05) is 24.6 Å². The molecule has 2 aromatic rings. The Bertz CT molecular complexity index is 942. The number of carbonyl (C=O) groups excluding carboxylic acids is 3. The summed E-state index contributed by atoms with van der Waals surface area (Å²) in [5.74, 6) is -0.292. The number of aryl methyl sites for hydroxylation is 1. The molecule has 10 heteroatoms. The number of hydrogen-bond donors (Lipinski definition) is 2. The van der Waals surface area contributed by atoms with Gasteiger partial charge in [0, 0.05) is 43.6 Å². The second kappa shape index (κ2) is 11.6. The van der Waals surface area contributed by atoms with Crippen LogP contribution in [-0.4, -0.2) is 48.7 Å². The molecule has 3 amide bonds. The van der Waals surface area contributed by atoms with Gasteiger partial charge in [-0.1, -0.05) is 35.0 Å². The minimum Gasteiger partial charge on any atom is -0.376 e. The van der Waals surface area contributed by atoms with Gasteiger partial charge < -0.3 is 19.9 Å². The third-order valence-corrected chi connectivity index (χ3v) is 5.41. The fourth-order valence-electron chi connectivity index (χ4n) is 3.29. The molecule has 1 atom stereocenters. The average Bonchev–Trinajstić information content (AvgIpc) is 3.45. The first-order valence-electron chi connectivity index (χ1n) is 10.5. The summed E-state index contributed by atoms with van der Waals surface area (Å²) in [6.07, 6.45) is 1.75. The van der Waals surface area contributed by atoms with Crippen LogP contribution in [0.15, 0.2) is 34.9 Å². The first-order valence-corrected chi connectivity index (χ1v) is 10.9. The number of amides is 3. The highest BCUT2D eigenvalue weighted by molar-refractivity contribution is 6.31. The molecular formula is C22H27ClN4O5. The molecule has 1 aromatic carbocycles. The van der Waals surface area contributed by atoms with Crippen molar-refractivity contribution in [3.63, 3.8) is 0 Å². The molecule has 0 spiro atoms. The van der Waals surface area contributed by atoms with Crippen molar-refractivity contribution in [2.45, 2.75) is 45.3 Å². The van der Waals surface area contributed by atoms with Gasteiger partial charge in [-0.05, 0) is 31.4 Å². The zero-order valence-corrected chi connectivity index (χ0v) is 18.7. The lowest BCUT2D eigenvalue weighted by atomic mass is 10.2. The van der Waals surface area contributed by atoms with Gasteiger partial charge in [0.05, 0.1) is 6.10 Å². The van der Waals surface area contributed by atoms with Crippen molar-refractivity contribution in [2.24, 2.45) is 0 Å². The Morgan fingerprint density at radius 1 is 1.19 bits per heavy atom. The smallest absolute Gasteiger partial charge is 0.240 e. The molecule has 32 heavy (non-hydrogen) atoms. The van der Waals surface area contributed by atoms with Gasteiger partial charge in [0.15, 0.2) is 5.82 Å². The predicted octanol–water partition coefficient (Wildman–Crippen LogP) is 2.36. The lowest BCUT2D eigenvalue weighted by Gasteiger charge is -2.20. The number of anilines is 1. The SMILES string of the molecule is Cc1cc(N(CC(=O)NC[C@@H]2CCCO2)C(=O)CCC(=O)NCc2ccccc2Cl)no1. The van der Waals surface area contributed by atoms with Crippen LogP contribution in [0.5, 0.6) is 0 Å². The maximum absolute atomic E-state index is 12.8. The Morgan fingerprint density at radius 3 is 2.69 bits per heavy atom. The van der Waals surface area contributed by atoms with Crippen molar-refractivity contribution >= 4 is 35.1 Å². The molecule has 0 radical (unpaired) electrons. The summed E-state index contributed by atoms with van der Waals surface area (Å²) in [5, 5.41) is 9.95. The van der Waals surface area contributed by atoms with Crippen LogP contribution in [0, 0.1) is 6.92 Å². The minimum absolute atomic E-state index is 0.000731. The van der Waals surface area contributed by atoms with Gasteiger partial charge in [-0.3, -0.25) is 19.3 Å². The molecule has 9 nitrogen and oxygen atoms in total. The summed E-state index contributed by atoms with van der Waals surface area (Å²) < 4.78 is 10.6. The van der Waals surface area contributed by atoms with Gasteiger partial charge in [0.1, 0.15) is 12.3 Å². The van der Waals surface area contributed by atoms with Gasteiger partial charge in [-0.25, -0.2) is 0 Å². The number of carbonyl (C=O) groups is 3. The zero-order chi connectivity index (χ0) is 22.9. The maximum atomic E-state index is 12.8.